The molecule has 2 fully saturated rings. The molecule has 280 valence electrons. The number of ketones is 1. The zero-order chi connectivity index (χ0) is 38.8. The van der Waals surface area contributed by atoms with E-state index in [1.54, 1.807) is 74.4 Å². The molecular formula is C41H37Cl2N7O4S. The van der Waals surface area contributed by atoms with Crippen LogP contribution in [0, 0.1) is 11.8 Å². The number of aromatic nitrogens is 1. The number of hydrogen-bond donors (Lipinski definition) is 2. The van der Waals surface area contributed by atoms with Crippen LogP contribution in [-0.4, -0.2) is 79.8 Å². The summed E-state index contributed by atoms with van der Waals surface area (Å²) in [5.41, 5.74) is 10.3. The van der Waals surface area contributed by atoms with Crippen LogP contribution < -0.4 is 11.1 Å². The third-order valence-electron chi connectivity index (χ3n) is 9.59. The Hall–Kier alpha value is -5.45. The van der Waals surface area contributed by atoms with Gasteiger partial charge in [0, 0.05) is 36.7 Å². The lowest BCUT2D eigenvalue weighted by atomic mass is 9.99. The lowest BCUT2D eigenvalue weighted by Crippen LogP contribution is -2.66. The number of para-hydroxylation sites is 1. The van der Waals surface area contributed by atoms with E-state index < -0.39 is 18.2 Å². The molecule has 2 aliphatic heterocycles. The van der Waals surface area contributed by atoms with Crippen molar-refractivity contribution in [2.45, 2.75) is 51.6 Å². The second-order valence-electron chi connectivity index (χ2n) is 13.6. The van der Waals surface area contributed by atoms with Crippen molar-refractivity contribution in [3.8, 4) is 11.8 Å². The number of carbonyl (C=O) groups excluding carboxylic acids is 4. The molecule has 11 nitrogen and oxygen atoms in total. The van der Waals surface area contributed by atoms with Crippen LogP contribution in [0.2, 0.25) is 10.0 Å². The highest BCUT2D eigenvalue weighted by molar-refractivity contribution is 7.22. The molecule has 0 spiro atoms. The topological polar surface area (TPSA) is 132 Å². The zero-order valence-electron chi connectivity index (χ0n) is 30.0. The number of rotatable bonds is 9. The molecule has 0 bridgehead atoms. The number of nitrogens with zero attached hydrogens (tertiary/aromatic N) is 5. The van der Waals surface area contributed by atoms with Crippen LogP contribution >= 0.6 is 34.5 Å². The summed E-state index contributed by atoms with van der Waals surface area (Å²) < 4.78 is 0.911. The van der Waals surface area contributed by atoms with Crippen molar-refractivity contribution in [1.82, 2.24) is 30.1 Å². The molecule has 4 aromatic carbocycles. The monoisotopic (exact) mass is 793 g/mol. The van der Waals surface area contributed by atoms with Crippen LogP contribution in [0.25, 0.3) is 10.2 Å². The predicted octanol–water partition coefficient (Wildman–Crippen LogP) is 6.38. The zero-order valence-corrected chi connectivity index (χ0v) is 32.4. The Morgan fingerprint density at radius 2 is 1.73 bits per heavy atom. The molecule has 4 amide bonds. The molecule has 14 heteroatoms. The largest absolute Gasteiger partial charge is 0.375 e. The van der Waals surface area contributed by atoms with E-state index in [9.17, 15) is 19.2 Å². The molecule has 2 aliphatic rings. The second kappa shape index (κ2) is 16.1. The summed E-state index contributed by atoms with van der Waals surface area (Å²) in [6, 6.07) is 25.5. The van der Waals surface area contributed by atoms with Gasteiger partial charge in [0.2, 0.25) is 17.6 Å². The number of Topliss-reactive ketones (excluding diaryl/α,β-unsaturated/α-hetero) is 1. The first-order chi connectivity index (χ1) is 26.5. The summed E-state index contributed by atoms with van der Waals surface area (Å²) in [5, 5.41) is 7.50. The number of fused-ring (bicyclic) bond motifs is 2. The lowest BCUT2D eigenvalue weighted by molar-refractivity contribution is -0.158. The highest BCUT2D eigenvalue weighted by Gasteiger charge is 2.52. The summed E-state index contributed by atoms with van der Waals surface area (Å²) in [6.45, 7) is 4.23. The number of thiazole rings is 1. The van der Waals surface area contributed by atoms with Crippen LogP contribution in [0.3, 0.4) is 0 Å². The number of amides is 4. The fourth-order valence-electron chi connectivity index (χ4n) is 7.01. The van der Waals surface area contributed by atoms with E-state index in [1.165, 1.54) is 11.3 Å². The van der Waals surface area contributed by atoms with E-state index in [-0.39, 0.29) is 56.2 Å². The number of anilines is 1. The third-order valence-corrected chi connectivity index (χ3v) is 11.2. The summed E-state index contributed by atoms with van der Waals surface area (Å²) in [6.07, 6.45) is -0.414. The van der Waals surface area contributed by atoms with Crippen molar-refractivity contribution >= 4 is 73.5 Å². The van der Waals surface area contributed by atoms with Crippen molar-refractivity contribution in [2.24, 2.45) is 0 Å². The van der Waals surface area contributed by atoms with Gasteiger partial charge in [-0.05, 0) is 66.8 Å². The SMILES string of the molecule is CC(C)N(C(=O)NCc1ccc(Cl)c(Cl)c1)N1CC(=O)N2[C@@H](Cc3ccc(C#CC(=O)c4ccccc4)cc3)C(=O)N(Cc3cccc4sc(N)nc34)C[C@@H]21. The van der Waals surface area contributed by atoms with E-state index in [2.05, 4.69) is 22.1 Å². The van der Waals surface area contributed by atoms with Gasteiger partial charge in [0.15, 0.2) is 5.13 Å². The minimum absolute atomic E-state index is 0.0944. The van der Waals surface area contributed by atoms with Crippen molar-refractivity contribution in [3.63, 3.8) is 0 Å². The lowest BCUT2D eigenvalue weighted by Gasteiger charge is -2.47. The first kappa shape index (κ1) is 37.8. The predicted molar refractivity (Wildman–Crippen MR) is 214 cm³/mol. The Bertz CT molecular complexity index is 2340. The van der Waals surface area contributed by atoms with E-state index in [0.717, 1.165) is 26.9 Å². The average molecular weight is 795 g/mol. The van der Waals surface area contributed by atoms with Gasteiger partial charge in [-0.1, -0.05) is 101 Å². The summed E-state index contributed by atoms with van der Waals surface area (Å²) in [5.74, 6) is 4.85. The Morgan fingerprint density at radius 1 is 0.982 bits per heavy atom. The number of carbonyl (C=O) groups is 4. The van der Waals surface area contributed by atoms with Crippen molar-refractivity contribution in [1.29, 1.82) is 0 Å². The Morgan fingerprint density at radius 3 is 2.45 bits per heavy atom. The molecule has 1 aromatic heterocycles. The van der Waals surface area contributed by atoms with Crippen LogP contribution in [0.4, 0.5) is 9.93 Å². The standard InChI is InChI=1S/C41H37Cl2N7O4S/c1-25(2)50(41(54)45-21-28-15-17-31(42)32(43)19-28)48-24-37(52)49-33(20-27-13-11-26(12-14-27)16-18-34(51)29-7-4-3-5-8-29)39(53)47(23-36(48)49)22-30-9-6-10-35-38(30)46-40(44)55-35/h3-15,17,19,25,33,36H,20-24H2,1-2H3,(H2,44,46)(H,45,54)/t33-,36+/m0/s1. The molecule has 0 unspecified atom stereocenters. The molecule has 7 rings (SSSR count). The van der Waals surface area contributed by atoms with Crippen molar-refractivity contribution in [2.75, 3.05) is 18.8 Å². The van der Waals surface area contributed by atoms with Crippen LogP contribution in [0.1, 0.15) is 46.5 Å². The molecule has 3 heterocycles. The normalized spacial score (nSPS) is 17.0. The molecule has 2 saturated heterocycles. The number of hydrazine groups is 1. The number of nitrogen functional groups attached to an aromatic ring is 1. The first-order valence-corrected chi connectivity index (χ1v) is 19.3. The Kier molecular flexibility index (Phi) is 11.1. The number of hydrogen-bond acceptors (Lipinski definition) is 8. The van der Waals surface area contributed by atoms with E-state index in [4.69, 9.17) is 28.9 Å². The minimum Gasteiger partial charge on any atom is -0.375 e. The van der Waals surface area contributed by atoms with E-state index in [1.807, 2.05) is 50.2 Å². The fraction of sp³-hybridized carbons (Fsp3) is 0.244. The van der Waals surface area contributed by atoms with Gasteiger partial charge in [-0.3, -0.25) is 19.4 Å². The number of piperazine rings is 1. The molecule has 3 N–H and O–H groups in total. The number of nitrogens with two attached hydrogens (primary N) is 1. The van der Waals surface area contributed by atoms with Gasteiger partial charge in [0.1, 0.15) is 12.2 Å². The number of nitrogens with one attached hydrogen (secondary N) is 1. The van der Waals surface area contributed by atoms with Gasteiger partial charge in [-0.15, -0.1) is 0 Å². The second-order valence-corrected chi connectivity index (χ2v) is 15.5. The van der Waals surface area contributed by atoms with Gasteiger partial charge in [-0.2, -0.15) is 5.01 Å². The number of halogens is 2. The van der Waals surface area contributed by atoms with Crippen LogP contribution in [0.5, 0.6) is 0 Å². The maximum absolute atomic E-state index is 14.5. The van der Waals surface area contributed by atoms with Gasteiger partial charge < -0.3 is 20.9 Å². The smallest absolute Gasteiger partial charge is 0.332 e. The van der Waals surface area contributed by atoms with Crippen LogP contribution in [-0.2, 0) is 29.1 Å². The highest BCUT2D eigenvalue weighted by Crippen LogP contribution is 2.33. The Balaban J connectivity index is 1.16. The molecular weight excluding hydrogens is 757 g/mol. The Labute approximate surface area is 332 Å². The third kappa shape index (κ3) is 8.16. The highest BCUT2D eigenvalue weighted by atomic mass is 35.5. The number of urea groups is 1. The molecule has 5 aromatic rings. The van der Waals surface area contributed by atoms with Crippen LogP contribution in [0.15, 0.2) is 91.0 Å². The maximum atomic E-state index is 14.5. The molecule has 2 atom stereocenters. The molecule has 0 radical (unpaired) electrons. The van der Waals surface area contributed by atoms with Crippen molar-refractivity contribution in [3.05, 3.63) is 129 Å². The van der Waals surface area contributed by atoms with Gasteiger partial charge in [-0.25, -0.2) is 9.78 Å². The van der Waals surface area contributed by atoms with Gasteiger partial charge in [0.05, 0.1) is 33.4 Å². The maximum Gasteiger partial charge on any atom is 0.332 e. The summed E-state index contributed by atoms with van der Waals surface area (Å²) in [7, 11) is 0. The summed E-state index contributed by atoms with van der Waals surface area (Å²) in [4.78, 5) is 62.8. The average Bonchev–Trinajstić information content (AvgIpc) is 3.72. The minimum atomic E-state index is -0.860. The molecule has 0 aliphatic carbocycles. The quantitative estimate of drug-likeness (QED) is 0.131. The molecule has 0 saturated carbocycles. The van der Waals surface area contributed by atoms with Gasteiger partial charge >= 0.3 is 6.03 Å². The van der Waals surface area contributed by atoms with Crippen molar-refractivity contribution < 1.29 is 19.2 Å². The summed E-state index contributed by atoms with van der Waals surface area (Å²) >= 11 is 13.7. The molecule has 55 heavy (non-hydrogen) atoms. The number of benzene rings is 4. The first-order valence-electron chi connectivity index (χ1n) is 17.7. The van der Waals surface area contributed by atoms with E-state index in [0.29, 0.717) is 26.3 Å². The fourth-order valence-corrected chi connectivity index (χ4v) is 8.12. The van der Waals surface area contributed by atoms with Gasteiger partial charge in [0.25, 0.3) is 0 Å². The van der Waals surface area contributed by atoms with E-state index >= 15 is 0 Å².